The van der Waals surface area contributed by atoms with E-state index in [1.807, 2.05) is 0 Å². The fraction of sp³-hybridized carbons (Fsp3) is 0.200. The van der Waals surface area contributed by atoms with Crippen molar-refractivity contribution in [1.82, 2.24) is 0 Å². The number of carboxylic acid groups (broad SMARTS) is 2. The first-order valence-electron chi connectivity index (χ1n) is 8.67. The first-order chi connectivity index (χ1) is 13.7. The number of amides is 2. The minimum absolute atomic E-state index is 0.101. The van der Waals surface area contributed by atoms with Gasteiger partial charge in [-0.3, -0.25) is 14.4 Å². The van der Waals surface area contributed by atoms with E-state index in [-0.39, 0.29) is 30.2 Å². The van der Waals surface area contributed by atoms with Gasteiger partial charge in [0, 0.05) is 22.7 Å². The fourth-order valence-electron chi connectivity index (χ4n) is 2.26. The van der Waals surface area contributed by atoms with Gasteiger partial charge in [-0.1, -0.05) is 0 Å². The summed E-state index contributed by atoms with van der Waals surface area (Å²) in [5.41, 5.74) is 1.19. The maximum absolute atomic E-state index is 12.3. The largest absolute Gasteiger partial charge is 0.481 e. The van der Waals surface area contributed by atoms with Crippen LogP contribution in [-0.4, -0.2) is 39.2 Å². The molecule has 0 fully saturated rings. The number of benzene rings is 2. The third-order valence-electron chi connectivity index (χ3n) is 3.79. The van der Waals surface area contributed by atoms with E-state index in [0.717, 1.165) is 4.90 Å². The molecule has 2 aromatic carbocycles. The smallest absolute Gasteiger partial charge is 0.335 e. The van der Waals surface area contributed by atoms with Crippen LogP contribution in [0.4, 0.5) is 11.4 Å². The van der Waals surface area contributed by atoms with Gasteiger partial charge < -0.3 is 20.8 Å². The SMILES string of the molecule is CC(Sc1ccc(NC(=O)CCC(=O)O)cc1)C(=O)Nc1ccc(C(=O)O)cc1. The van der Waals surface area contributed by atoms with Crippen molar-refractivity contribution < 1.29 is 29.4 Å². The predicted molar refractivity (Wildman–Crippen MR) is 109 cm³/mol. The highest BCUT2D eigenvalue weighted by molar-refractivity contribution is 8.00. The molecule has 1 unspecified atom stereocenters. The number of hydrogen-bond donors (Lipinski definition) is 4. The second-order valence-electron chi connectivity index (χ2n) is 6.10. The number of carbonyl (C=O) groups is 4. The molecule has 152 valence electrons. The molecule has 9 heteroatoms. The molecule has 29 heavy (non-hydrogen) atoms. The van der Waals surface area contributed by atoms with Gasteiger partial charge in [0.05, 0.1) is 17.2 Å². The molecule has 0 heterocycles. The number of anilines is 2. The zero-order chi connectivity index (χ0) is 21.4. The van der Waals surface area contributed by atoms with Crippen LogP contribution in [0.5, 0.6) is 0 Å². The van der Waals surface area contributed by atoms with Crippen LogP contribution in [-0.2, 0) is 14.4 Å². The fourth-order valence-corrected chi connectivity index (χ4v) is 3.13. The first kappa shape index (κ1) is 22.0. The molecule has 4 N–H and O–H groups in total. The summed E-state index contributed by atoms with van der Waals surface area (Å²) in [6, 6.07) is 12.7. The lowest BCUT2D eigenvalue weighted by molar-refractivity contribution is -0.138. The van der Waals surface area contributed by atoms with Gasteiger partial charge >= 0.3 is 11.9 Å². The molecule has 0 aromatic heterocycles. The molecular weight excluding hydrogens is 396 g/mol. The number of rotatable bonds is 9. The summed E-state index contributed by atoms with van der Waals surface area (Å²) in [5, 5.41) is 22.4. The average Bonchev–Trinajstić information content (AvgIpc) is 2.68. The molecule has 0 radical (unpaired) electrons. The Bertz CT molecular complexity index is 896. The third-order valence-corrected chi connectivity index (χ3v) is 4.90. The predicted octanol–water partition coefficient (Wildman–Crippen LogP) is 3.31. The molecule has 0 saturated heterocycles. The maximum Gasteiger partial charge on any atom is 0.335 e. The Hall–Kier alpha value is -3.33. The van der Waals surface area contributed by atoms with Crippen LogP contribution in [0.3, 0.4) is 0 Å². The van der Waals surface area contributed by atoms with E-state index in [9.17, 15) is 19.2 Å². The summed E-state index contributed by atoms with van der Waals surface area (Å²) in [7, 11) is 0. The Kier molecular flexibility index (Phi) is 7.79. The van der Waals surface area contributed by atoms with Crippen LogP contribution >= 0.6 is 11.8 Å². The Morgan fingerprint density at radius 3 is 1.97 bits per heavy atom. The summed E-state index contributed by atoms with van der Waals surface area (Å²) in [6.07, 6.45) is -0.331. The van der Waals surface area contributed by atoms with E-state index in [0.29, 0.717) is 11.4 Å². The van der Waals surface area contributed by atoms with Gasteiger partial charge in [0.1, 0.15) is 0 Å². The number of nitrogens with one attached hydrogen (secondary N) is 2. The lowest BCUT2D eigenvalue weighted by Gasteiger charge is -2.13. The van der Waals surface area contributed by atoms with Crippen molar-refractivity contribution in [2.24, 2.45) is 0 Å². The highest BCUT2D eigenvalue weighted by Gasteiger charge is 2.15. The number of hydrogen-bond acceptors (Lipinski definition) is 5. The number of thioether (sulfide) groups is 1. The second-order valence-corrected chi connectivity index (χ2v) is 7.51. The molecular formula is C20H20N2O6S. The summed E-state index contributed by atoms with van der Waals surface area (Å²) < 4.78 is 0. The number of aliphatic carboxylic acids is 1. The highest BCUT2D eigenvalue weighted by Crippen LogP contribution is 2.26. The van der Waals surface area contributed by atoms with Crippen molar-refractivity contribution in [2.75, 3.05) is 10.6 Å². The molecule has 2 amide bonds. The number of aromatic carboxylic acids is 1. The Morgan fingerprint density at radius 1 is 0.862 bits per heavy atom. The summed E-state index contributed by atoms with van der Waals surface area (Å²) in [5.74, 6) is -2.68. The van der Waals surface area contributed by atoms with Crippen LogP contribution in [0.1, 0.15) is 30.1 Å². The molecule has 0 saturated carbocycles. The molecule has 2 aromatic rings. The van der Waals surface area contributed by atoms with Crippen molar-refractivity contribution in [2.45, 2.75) is 29.9 Å². The quantitative estimate of drug-likeness (QED) is 0.461. The van der Waals surface area contributed by atoms with Crippen molar-refractivity contribution in [3.05, 3.63) is 54.1 Å². The standard InChI is InChI=1S/C20H20N2O6S/c1-12(19(26)22-15-4-2-13(3-5-15)20(27)28)29-16-8-6-14(7-9-16)21-17(23)10-11-18(24)25/h2-9,12H,10-11H2,1H3,(H,21,23)(H,22,26)(H,24,25)(H,27,28). The minimum Gasteiger partial charge on any atom is -0.481 e. The Morgan fingerprint density at radius 2 is 1.41 bits per heavy atom. The first-order valence-corrected chi connectivity index (χ1v) is 9.55. The van der Waals surface area contributed by atoms with E-state index in [1.165, 1.54) is 36.0 Å². The maximum atomic E-state index is 12.3. The van der Waals surface area contributed by atoms with Crippen molar-refractivity contribution in [3.63, 3.8) is 0 Å². The van der Waals surface area contributed by atoms with Crippen molar-refractivity contribution in [1.29, 1.82) is 0 Å². The lowest BCUT2D eigenvalue weighted by Crippen LogP contribution is -2.22. The van der Waals surface area contributed by atoms with Crippen LogP contribution in [0.25, 0.3) is 0 Å². The van der Waals surface area contributed by atoms with Crippen LogP contribution < -0.4 is 10.6 Å². The van der Waals surface area contributed by atoms with Gasteiger partial charge in [0.2, 0.25) is 11.8 Å². The molecule has 0 bridgehead atoms. The lowest BCUT2D eigenvalue weighted by atomic mass is 10.2. The second kappa shape index (κ2) is 10.3. The zero-order valence-electron chi connectivity index (χ0n) is 15.5. The molecule has 0 aliphatic rings. The van der Waals surface area contributed by atoms with Crippen molar-refractivity contribution in [3.8, 4) is 0 Å². The highest BCUT2D eigenvalue weighted by atomic mass is 32.2. The summed E-state index contributed by atoms with van der Waals surface area (Å²) >= 11 is 1.32. The van der Waals surface area contributed by atoms with Gasteiger partial charge in [0.15, 0.2) is 0 Å². The molecule has 2 rings (SSSR count). The van der Waals surface area contributed by atoms with Gasteiger partial charge in [-0.2, -0.15) is 0 Å². The van der Waals surface area contributed by atoms with Gasteiger partial charge in [-0.25, -0.2) is 4.79 Å². The molecule has 0 aliphatic carbocycles. The van der Waals surface area contributed by atoms with E-state index in [1.54, 1.807) is 31.2 Å². The summed E-state index contributed by atoms with van der Waals surface area (Å²) in [4.78, 5) is 46.1. The van der Waals surface area contributed by atoms with E-state index in [4.69, 9.17) is 10.2 Å². The zero-order valence-corrected chi connectivity index (χ0v) is 16.4. The number of carboxylic acids is 2. The van der Waals surface area contributed by atoms with Crippen molar-refractivity contribution >= 4 is 46.9 Å². The Labute approximate surface area is 171 Å². The normalized spacial score (nSPS) is 11.3. The van der Waals surface area contributed by atoms with Crippen LogP contribution in [0, 0.1) is 0 Å². The average molecular weight is 416 g/mol. The summed E-state index contributed by atoms with van der Waals surface area (Å²) in [6.45, 7) is 1.74. The molecule has 8 nitrogen and oxygen atoms in total. The topological polar surface area (TPSA) is 133 Å². The van der Waals surface area contributed by atoms with E-state index < -0.39 is 17.2 Å². The van der Waals surface area contributed by atoms with Crippen LogP contribution in [0.2, 0.25) is 0 Å². The third kappa shape index (κ3) is 7.30. The Balaban J connectivity index is 1.86. The molecule has 1 atom stereocenters. The van der Waals surface area contributed by atoms with Gasteiger partial charge in [-0.15, -0.1) is 11.8 Å². The van der Waals surface area contributed by atoms with Gasteiger partial charge in [0.25, 0.3) is 0 Å². The number of carbonyl (C=O) groups excluding carboxylic acids is 2. The van der Waals surface area contributed by atoms with E-state index in [2.05, 4.69) is 10.6 Å². The molecule has 0 aliphatic heterocycles. The monoisotopic (exact) mass is 416 g/mol. The van der Waals surface area contributed by atoms with Crippen LogP contribution in [0.15, 0.2) is 53.4 Å². The molecule has 0 spiro atoms. The minimum atomic E-state index is -1.03. The van der Waals surface area contributed by atoms with Gasteiger partial charge in [-0.05, 0) is 55.5 Å². The van der Waals surface area contributed by atoms with E-state index >= 15 is 0 Å².